The average Bonchev–Trinajstić information content (AvgIpc) is 2.79. The Hall–Kier alpha value is -3.32. The van der Waals surface area contributed by atoms with Crippen LogP contribution in [0.5, 0.6) is 5.75 Å². The van der Waals surface area contributed by atoms with Gasteiger partial charge < -0.3 is 37.6 Å². The monoisotopic (exact) mass is 525 g/mol. The minimum absolute atomic E-state index is 0.000106. The SMILES string of the molecule is CC(C)CC(N)C(=O)NC(CS)C(=O)NC(CCC(N)=O)C(=O)NC(Cc1ccc(O)cc1)C(=O)O. The maximum Gasteiger partial charge on any atom is 0.326 e. The molecule has 9 N–H and O–H groups in total. The summed E-state index contributed by atoms with van der Waals surface area (Å²) in [5, 5.41) is 26.2. The predicted octanol–water partition coefficient (Wildman–Crippen LogP) is -0.958. The third kappa shape index (κ3) is 11.0. The third-order valence-electron chi connectivity index (χ3n) is 5.18. The Kier molecular flexibility index (Phi) is 12.7. The summed E-state index contributed by atoms with van der Waals surface area (Å²) in [6.45, 7) is 3.79. The van der Waals surface area contributed by atoms with Crippen LogP contribution in [-0.2, 0) is 30.4 Å². The molecule has 0 heterocycles. The number of aromatic hydroxyl groups is 1. The number of carboxylic acids is 1. The number of benzene rings is 1. The fourth-order valence-corrected chi connectivity index (χ4v) is 3.51. The zero-order valence-electron chi connectivity index (χ0n) is 20.3. The number of rotatable bonds is 15. The van der Waals surface area contributed by atoms with E-state index in [9.17, 15) is 34.2 Å². The first-order valence-electron chi connectivity index (χ1n) is 11.4. The molecule has 0 saturated heterocycles. The van der Waals surface area contributed by atoms with Crippen LogP contribution in [0.15, 0.2) is 24.3 Å². The van der Waals surface area contributed by atoms with E-state index in [1.165, 1.54) is 24.3 Å². The Morgan fingerprint density at radius 2 is 1.44 bits per heavy atom. The van der Waals surface area contributed by atoms with E-state index < -0.39 is 53.8 Å². The van der Waals surface area contributed by atoms with Gasteiger partial charge in [0.05, 0.1) is 6.04 Å². The number of carbonyl (C=O) groups excluding carboxylic acids is 4. The van der Waals surface area contributed by atoms with E-state index in [0.717, 1.165) is 0 Å². The molecule has 4 unspecified atom stereocenters. The number of nitrogens with one attached hydrogen (secondary N) is 3. The van der Waals surface area contributed by atoms with Crippen molar-refractivity contribution in [2.75, 3.05) is 5.75 Å². The minimum atomic E-state index is -1.36. The van der Waals surface area contributed by atoms with Crippen LogP contribution in [0, 0.1) is 5.92 Å². The number of aliphatic carboxylic acids is 1. The normalized spacial score (nSPS) is 14.2. The number of hydrogen-bond acceptors (Lipinski definition) is 8. The molecule has 0 spiro atoms. The quantitative estimate of drug-likeness (QED) is 0.133. The number of amides is 4. The van der Waals surface area contributed by atoms with Crippen molar-refractivity contribution in [1.82, 2.24) is 16.0 Å². The van der Waals surface area contributed by atoms with Crippen LogP contribution >= 0.6 is 12.6 Å². The summed E-state index contributed by atoms with van der Waals surface area (Å²) in [7, 11) is 0. The number of phenols is 1. The van der Waals surface area contributed by atoms with Crippen LogP contribution in [0.2, 0.25) is 0 Å². The second-order valence-corrected chi connectivity index (χ2v) is 9.18. The highest BCUT2D eigenvalue weighted by Gasteiger charge is 2.30. The molecule has 1 aromatic rings. The molecule has 0 aliphatic heterocycles. The summed E-state index contributed by atoms with van der Waals surface area (Å²) in [4.78, 5) is 61.1. The molecule has 0 saturated carbocycles. The molecule has 0 bridgehead atoms. The maximum absolute atomic E-state index is 12.9. The van der Waals surface area contributed by atoms with E-state index in [4.69, 9.17) is 11.5 Å². The highest BCUT2D eigenvalue weighted by molar-refractivity contribution is 7.80. The third-order valence-corrected chi connectivity index (χ3v) is 5.55. The van der Waals surface area contributed by atoms with Crippen LogP contribution in [0.1, 0.15) is 38.7 Å². The summed E-state index contributed by atoms with van der Waals surface area (Å²) in [5.41, 5.74) is 11.6. The number of hydrogen-bond donors (Lipinski definition) is 8. The molecule has 0 fully saturated rings. The first-order chi connectivity index (χ1) is 16.8. The first-order valence-corrected chi connectivity index (χ1v) is 12.0. The Bertz CT molecular complexity index is 926. The highest BCUT2D eigenvalue weighted by Crippen LogP contribution is 2.12. The van der Waals surface area contributed by atoms with Gasteiger partial charge in [0, 0.05) is 18.6 Å². The van der Waals surface area contributed by atoms with Gasteiger partial charge in [0.2, 0.25) is 23.6 Å². The van der Waals surface area contributed by atoms with Crippen molar-refractivity contribution in [2.24, 2.45) is 17.4 Å². The molecule has 13 heteroatoms. The molecule has 1 aromatic carbocycles. The smallest absolute Gasteiger partial charge is 0.326 e. The molecule has 200 valence electrons. The van der Waals surface area contributed by atoms with E-state index in [-0.39, 0.29) is 36.7 Å². The molecule has 4 amide bonds. The summed E-state index contributed by atoms with van der Waals surface area (Å²) in [6, 6.07) is 1.14. The molecule has 0 aliphatic rings. The standard InChI is InChI=1S/C23H35N5O7S/c1-12(2)9-15(24)20(31)28-18(11-36)22(33)26-16(7-8-19(25)30)21(32)27-17(23(34)35)10-13-3-5-14(29)6-4-13/h3-6,12,15-18,29,36H,7-11,24H2,1-2H3,(H2,25,30)(H,26,33)(H,27,32)(H,28,31)(H,34,35). The molecule has 0 aliphatic carbocycles. The van der Waals surface area contributed by atoms with E-state index in [2.05, 4.69) is 28.6 Å². The van der Waals surface area contributed by atoms with Crippen molar-refractivity contribution in [2.45, 2.75) is 63.7 Å². The van der Waals surface area contributed by atoms with Crippen LogP contribution in [-0.4, -0.2) is 69.7 Å². The fourth-order valence-electron chi connectivity index (χ4n) is 3.26. The van der Waals surface area contributed by atoms with Crippen LogP contribution in [0.25, 0.3) is 0 Å². The second-order valence-electron chi connectivity index (χ2n) is 8.82. The zero-order valence-corrected chi connectivity index (χ0v) is 21.2. The van der Waals surface area contributed by atoms with Crippen molar-refractivity contribution < 1.29 is 34.2 Å². The Morgan fingerprint density at radius 3 is 1.94 bits per heavy atom. The number of phenolic OH excluding ortho intramolecular Hbond substituents is 1. The fraction of sp³-hybridized carbons (Fsp3) is 0.522. The van der Waals surface area contributed by atoms with E-state index in [1.54, 1.807) is 0 Å². The molecule has 0 aromatic heterocycles. The first kappa shape index (κ1) is 30.7. The maximum atomic E-state index is 12.9. The largest absolute Gasteiger partial charge is 0.508 e. The Labute approximate surface area is 215 Å². The van der Waals surface area contributed by atoms with Crippen molar-refractivity contribution in [3.05, 3.63) is 29.8 Å². The van der Waals surface area contributed by atoms with Gasteiger partial charge in [-0.1, -0.05) is 26.0 Å². The summed E-state index contributed by atoms with van der Waals surface area (Å²) < 4.78 is 0. The molecular weight excluding hydrogens is 490 g/mol. The van der Waals surface area contributed by atoms with Gasteiger partial charge in [-0.25, -0.2) is 4.79 Å². The van der Waals surface area contributed by atoms with Gasteiger partial charge in [0.1, 0.15) is 23.9 Å². The zero-order chi connectivity index (χ0) is 27.4. The number of thiol groups is 1. The highest BCUT2D eigenvalue weighted by atomic mass is 32.1. The topological polar surface area (TPSA) is 214 Å². The average molecular weight is 526 g/mol. The number of nitrogens with two attached hydrogens (primary N) is 2. The lowest BCUT2D eigenvalue weighted by Crippen LogP contribution is -2.58. The lowest BCUT2D eigenvalue weighted by Gasteiger charge is -2.24. The number of carbonyl (C=O) groups is 5. The molecule has 36 heavy (non-hydrogen) atoms. The molecule has 0 radical (unpaired) electrons. The van der Waals surface area contributed by atoms with Crippen molar-refractivity contribution in [3.63, 3.8) is 0 Å². The van der Waals surface area contributed by atoms with Gasteiger partial charge in [-0.15, -0.1) is 0 Å². The van der Waals surface area contributed by atoms with Gasteiger partial charge >= 0.3 is 5.97 Å². The van der Waals surface area contributed by atoms with E-state index in [0.29, 0.717) is 12.0 Å². The van der Waals surface area contributed by atoms with Crippen LogP contribution < -0.4 is 27.4 Å². The molecular formula is C23H35N5O7S. The summed E-state index contributed by atoms with van der Waals surface area (Å²) >= 11 is 4.09. The Morgan fingerprint density at radius 1 is 0.917 bits per heavy atom. The van der Waals surface area contributed by atoms with Gasteiger partial charge in [-0.3, -0.25) is 19.2 Å². The van der Waals surface area contributed by atoms with Crippen molar-refractivity contribution in [1.29, 1.82) is 0 Å². The second kappa shape index (κ2) is 14.9. The van der Waals surface area contributed by atoms with Crippen LogP contribution in [0.4, 0.5) is 0 Å². The summed E-state index contributed by atoms with van der Waals surface area (Å²) in [6.07, 6.45) is -0.154. The minimum Gasteiger partial charge on any atom is -0.508 e. The lowest BCUT2D eigenvalue weighted by molar-refractivity contribution is -0.142. The predicted molar refractivity (Wildman–Crippen MR) is 135 cm³/mol. The van der Waals surface area contributed by atoms with Crippen molar-refractivity contribution >= 4 is 42.2 Å². The van der Waals surface area contributed by atoms with E-state index >= 15 is 0 Å². The van der Waals surface area contributed by atoms with E-state index in [1.807, 2.05) is 13.8 Å². The molecule has 4 atom stereocenters. The van der Waals surface area contributed by atoms with Crippen molar-refractivity contribution in [3.8, 4) is 5.75 Å². The van der Waals surface area contributed by atoms with Gasteiger partial charge in [0.25, 0.3) is 0 Å². The Balaban J connectivity index is 2.95. The van der Waals surface area contributed by atoms with Gasteiger partial charge in [-0.2, -0.15) is 12.6 Å². The lowest BCUT2D eigenvalue weighted by atomic mass is 10.0. The van der Waals surface area contributed by atoms with Gasteiger partial charge in [0.15, 0.2) is 0 Å². The summed E-state index contributed by atoms with van der Waals surface area (Å²) in [5.74, 6) is -4.16. The molecule has 1 rings (SSSR count). The van der Waals surface area contributed by atoms with Crippen LogP contribution in [0.3, 0.4) is 0 Å². The number of primary amides is 1. The number of carboxylic acid groups (broad SMARTS) is 1. The molecule has 12 nitrogen and oxygen atoms in total. The van der Waals surface area contributed by atoms with Gasteiger partial charge in [-0.05, 0) is 36.5 Å².